The quantitative estimate of drug-likeness (QED) is 0.516. The van der Waals surface area contributed by atoms with Gasteiger partial charge in [-0.05, 0) is 56.2 Å². The third-order valence-corrected chi connectivity index (χ3v) is 7.75. The number of ether oxygens (including phenoxy) is 1. The maximum Gasteiger partial charge on any atom is 0.290 e. The first-order valence-electron chi connectivity index (χ1n) is 11.1. The molecule has 1 heterocycles. The monoisotopic (exact) mass is 477 g/mol. The van der Waals surface area contributed by atoms with Gasteiger partial charge in [-0.3, -0.25) is 4.79 Å². The molecule has 34 heavy (non-hydrogen) atoms. The molecule has 0 bridgehead atoms. The summed E-state index contributed by atoms with van der Waals surface area (Å²) in [6, 6.07) is 20.0. The lowest BCUT2D eigenvalue weighted by Gasteiger charge is -2.27. The van der Waals surface area contributed by atoms with E-state index in [1.165, 1.54) is 17.0 Å². The Kier molecular flexibility index (Phi) is 6.48. The van der Waals surface area contributed by atoms with Crippen molar-refractivity contribution in [1.82, 2.24) is 4.90 Å². The van der Waals surface area contributed by atoms with Gasteiger partial charge >= 0.3 is 0 Å². The number of aryl methyl sites for hydroxylation is 2. The van der Waals surface area contributed by atoms with Crippen molar-refractivity contribution in [1.29, 1.82) is 0 Å². The van der Waals surface area contributed by atoms with Gasteiger partial charge in [0.2, 0.25) is 9.84 Å². The van der Waals surface area contributed by atoms with Crippen molar-refractivity contribution in [3.63, 3.8) is 0 Å². The Morgan fingerprint density at radius 3 is 2.00 bits per heavy atom. The van der Waals surface area contributed by atoms with Gasteiger partial charge in [-0.2, -0.15) is 0 Å². The Hall–Kier alpha value is -3.58. The number of carbonyl (C=O) groups excluding carboxylic acids is 1. The second-order valence-corrected chi connectivity index (χ2v) is 10.3. The second-order valence-electron chi connectivity index (χ2n) is 8.35. The molecular weight excluding hydrogens is 450 g/mol. The van der Waals surface area contributed by atoms with E-state index < -0.39 is 27.5 Å². The lowest BCUT2D eigenvalue weighted by atomic mass is 10.1. The van der Waals surface area contributed by atoms with E-state index in [0.717, 1.165) is 16.7 Å². The molecule has 1 aliphatic heterocycles. The predicted octanol–water partition coefficient (Wildman–Crippen LogP) is 5.03. The van der Waals surface area contributed by atoms with Crippen molar-refractivity contribution in [3.05, 3.63) is 106 Å². The van der Waals surface area contributed by atoms with Gasteiger partial charge in [-0.25, -0.2) is 8.42 Å². The van der Waals surface area contributed by atoms with E-state index in [4.69, 9.17) is 4.74 Å². The summed E-state index contributed by atoms with van der Waals surface area (Å²) >= 11 is 0. The van der Waals surface area contributed by atoms with Crippen LogP contribution in [0.1, 0.15) is 35.2 Å². The normalized spacial score (nSPS) is 16.3. The highest BCUT2D eigenvalue weighted by molar-refractivity contribution is 7.95. The Morgan fingerprint density at radius 2 is 1.44 bits per heavy atom. The summed E-state index contributed by atoms with van der Waals surface area (Å²) in [6.07, 6.45) is 0. The molecule has 7 heteroatoms. The number of aliphatic hydroxyl groups excluding tert-OH is 1. The molecule has 0 unspecified atom stereocenters. The fraction of sp³-hybridized carbons (Fsp3) is 0.222. The Balaban J connectivity index is 1.82. The zero-order valence-electron chi connectivity index (χ0n) is 19.4. The average molecular weight is 478 g/mol. The highest BCUT2D eigenvalue weighted by Gasteiger charge is 2.46. The summed E-state index contributed by atoms with van der Waals surface area (Å²) in [5.74, 6) is -0.825. The van der Waals surface area contributed by atoms with Crippen molar-refractivity contribution >= 4 is 15.7 Å². The van der Waals surface area contributed by atoms with Gasteiger partial charge in [-0.15, -0.1) is 0 Å². The number of benzene rings is 3. The van der Waals surface area contributed by atoms with Gasteiger partial charge < -0.3 is 14.7 Å². The largest absolute Gasteiger partial charge is 0.502 e. The first-order chi connectivity index (χ1) is 16.2. The number of hydrogen-bond donors (Lipinski definition) is 1. The smallest absolute Gasteiger partial charge is 0.290 e. The van der Waals surface area contributed by atoms with Crippen LogP contribution >= 0.6 is 0 Å². The topological polar surface area (TPSA) is 83.9 Å². The van der Waals surface area contributed by atoms with Crippen molar-refractivity contribution in [3.8, 4) is 5.75 Å². The average Bonchev–Trinajstić information content (AvgIpc) is 3.07. The van der Waals surface area contributed by atoms with E-state index in [1.807, 2.05) is 45.0 Å². The van der Waals surface area contributed by atoms with E-state index in [0.29, 0.717) is 17.9 Å². The van der Waals surface area contributed by atoms with Crippen LogP contribution < -0.4 is 4.74 Å². The maximum absolute atomic E-state index is 13.7. The summed E-state index contributed by atoms with van der Waals surface area (Å²) in [5.41, 5.74) is 3.38. The Labute approximate surface area is 200 Å². The van der Waals surface area contributed by atoms with Gasteiger partial charge in [0.1, 0.15) is 10.7 Å². The van der Waals surface area contributed by atoms with Crippen LogP contribution in [-0.4, -0.2) is 30.9 Å². The van der Waals surface area contributed by atoms with Gasteiger partial charge in [0.05, 0.1) is 17.5 Å². The minimum absolute atomic E-state index is 0.0283. The van der Waals surface area contributed by atoms with Crippen LogP contribution in [0.15, 0.2) is 88.4 Å². The number of hydrogen-bond acceptors (Lipinski definition) is 5. The van der Waals surface area contributed by atoms with E-state index in [2.05, 4.69) is 0 Å². The van der Waals surface area contributed by atoms with Crippen LogP contribution in [0.4, 0.5) is 0 Å². The van der Waals surface area contributed by atoms with E-state index in [9.17, 15) is 18.3 Å². The molecule has 6 nitrogen and oxygen atoms in total. The molecule has 4 rings (SSSR count). The van der Waals surface area contributed by atoms with Crippen LogP contribution in [0, 0.1) is 13.8 Å². The van der Waals surface area contributed by atoms with Gasteiger partial charge in [0.25, 0.3) is 5.91 Å². The Morgan fingerprint density at radius 1 is 0.882 bits per heavy atom. The Bertz CT molecular complexity index is 1330. The maximum atomic E-state index is 13.7. The molecule has 1 aliphatic rings. The summed E-state index contributed by atoms with van der Waals surface area (Å²) in [7, 11) is -4.15. The van der Waals surface area contributed by atoms with E-state index in [-0.39, 0.29) is 16.3 Å². The summed E-state index contributed by atoms with van der Waals surface area (Å²) < 4.78 is 32.9. The van der Waals surface area contributed by atoms with Crippen LogP contribution in [0.2, 0.25) is 0 Å². The molecule has 176 valence electrons. The van der Waals surface area contributed by atoms with Gasteiger partial charge in [-0.1, -0.05) is 59.7 Å². The molecule has 0 aliphatic carbocycles. The number of nitrogens with zero attached hydrogens (tertiary/aromatic N) is 1. The fourth-order valence-electron chi connectivity index (χ4n) is 4.05. The molecule has 1 amide bonds. The number of carbonyl (C=O) groups is 1. The van der Waals surface area contributed by atoms with Crippen LogP contribution in [0.5, 0.6) is 5.75 Å². The zero-order valence-corrected chi connectivity index (χ0v) is 20.2. The van der Waals surface area contributed by atoms with Crippen molar-refractivity contribution in [2.75, 3.05) is 6.61 Å². The first kappa shape index (κ1) is 23.6. The lowest BCUT2D eigenvalue weighted by Crippen LogP contribution is -2.30. The van der Waals surface area contributed by atoms with E-state index >= 15 is 0 Å². The van der Waals surface area contributed by atoms with Crippen LogP contribution in [0.25, 0.3) is 0 Å². The van der Waals surface area contributed by atoms with Gasteiger partial charge in [0.15, 0.2) is 5.76 Å². The molecule has 0 spiro atoms. The highest BCUT2D eigenvalue weighted by Crippen LogP contribution is 2.43. The third-order valence-electron chi connectivity index (χ3n) is 5.86. The molecule has 3 aromatic rings. The minimum atomic E-state index is -4.15. The molecule has 0 saturated carbocycles. The van der Waals surface area contributed by atoms with Crippen LogP contribution in [-0.2, 0) is 21.2 Å². The van der Waals surface area contributed by atoms with Crippen molar-refractivity contribution in [2.45, 2.75) is 38.3 Å². The molecule has 0 aromatic heterocycles. The van der Waals surface area contributed by atoms with Crippen molar-refractivity contribution in [2.24, 2.45) is 0 Å². The molecule has 0 fully saturated rings. The summed E-state index contributed by atoms with van der Waals surface area (Å²) in [6.45, 7) is 6.34. The number of aliphatic hydroxyl groups is 1. The minimum Gasteiger partial charge on any atom is -0.502 e. The first-order valence-corrected chi connectivity index (χ1v) is 12.5. The fourth-order valence-corrected chi connectivity index (χ4v) is 5.69. The molecule has 1 atom stereocenters. The molecule has 3 aromatic carbocycles. The van der Waals surface area contributed by atoms with Gasteiger partial charge in [0, 0.05) is 6.54 Å². The third kappa shape index (κ3) is 4.43. The SMILES string of the molecule is CCOc1ccc([C@@H]2C(S(=O)(=O)c3ccc(C)cc3)=C(O)C(=O)N2Cc2ccc(C)cc2)cc1. The predicted molar refractivity (Wildman–Crippen MR) is 130 cm³/mol. The number of rotatable bonds is 7. The molecule has 0 radical (unpaired) electrons. The lowest BCUT2D eigenvalue weighted by molar-refractivity contribution is -0.130. The molecule has 0 saturated heterocycles. The highest BCUT2D eigenvalue weighted by atomic mass is 32.2. The van der Waals surface area contributed by atoms with Crippen LogP contribution in [0.3, 0.4) is 0 Å². The van der Waals surface area contributed by atoms with Crippen molar-refractivity contribution < 1.29 is 23.1 Å². The molecule has 1 N–H and O–H groups in total. The second kappa shape index (κ2) is 9.35. The standard InChI is InChI=1S/C27H27NO5S/c1-4-33-22-13-11-21(12-14-22)24-26(34(31,32)23-15-7-19(3)8-16-23)25(29)27(30)28(24)17-20-9-5-18(2)6-10-20/h5-16,24,29H,4,17H2,1-3H3/t24-/m1/s1. The molecular formula is C27H27NO5S. The summed E-state index contributed by atoms with van der Waals surface area (Å²) in [5, 5.41) is 10.9. The summed E-state index contributed by atoms with van der Waals surface area (Å²) in [4.78, 5) is 14.3. The number of sulfone groups is 1. The van der Waals surface area contributed by atoms with E-state index in [1.54, 1.807) is 36.4 Å². The number of amides is 1. The zero-order chi connectivity index (χ0) is 24.5.